The predicted molar refractivity (Wildman–Crippen MR) is 88.5 cm³/mol. The summed E-state index contributed by atoms with van der Waals surface area (Å²) in [5.74, 6) is 1.35. The Morgan fingerprint density at radius 2 is 2.09 bits per heavy atom. The van der Waals surface area contributed by atoms with Gasteiger partial charge in [-0.3, -0.25) is 4.79 Å². The van der Waals surface area contributed by atoms with Gasteiger partial charge in [0.1, 0.15) is 0 Å². The summed E-state index contributed by atoms with van der Waals surface area (Å²) in [5.41, 5.74) is 5.96. The van der Waals surface area contributed by atoms with Crippen molar-refractivity contribution in [3.8, 4) is 0 Å². The van der Waals surface area contributed by atoms with Gasteiger partial charge in [-0.2, -0.15) is 0 Å². The molecular formula is C17H29BN2O3. The molecule has 0 aromatic carbocycles. The molecule has 0 aromatic heterocycles. The summed E-state index contributed by atoms with van der Waals surface area (Å²) < 4.78 is 12.9. The Morgan fingerprint density at radius 1 is 1.35 bits per heavy atom. The van der Waals surface area contributed by atoms with E-state index in [0.29, 0.717) is 11.3 Å². The van der Waals surface area contributed by atoms with Gasteiger partial charge in [0.2, 0.25) is 5.91 Å². The van der Waals surface area contributed by atoms with Crippen LogP contribution in [0.25, 0.3) is 0 Å². The fraction of sp³-hybridized carbons (Fsp3) is 0.941. The van der Waals surface area contributed by atoms with Crippen molar-refractivity contribution < 1.29 is 14.1 Å². The molecule has 3 saturated carbocycles. The second kappa shape index (κ2) is 4.96. The number of nitrogens with two attached hydrogens (primary N) is 1. The van der Waals surface area contributed by atoms with Crippen LogP contribution in [0.5, 0.6) is 0 Å². The lowest BCUT2D eigenvalue weighted by Crippen LogP contribution is -2.65. The predicted octanol–water partition coefficient (Wildman–Crippen LogP) is 1.59. The quantitative estimate of drug-likeness (QED) is 0.785. The van der Waals surface area contributed by atoms with Gasteiger partial charge in [0.25, 0.3) is 0 Å². The second-order valence-electron chi connectivity index (χ2n) is 8.87. The first-order valence-electron chi connectivity index (χ1n) is 9.14. The van der Waals surface area contributed by atoms with E-state index in [1.165, 1.54) is 6.42 Å². The van der Waals surface area contributed by atoms with Gasteiger partial charge in [0, 0.05) is 6.54 Å². The van der Waals surface area contributed by atoms with Gasteiger partial charge in [-0.15, -0.1) is 0 Å². The van der Waals surface area contributed by atoms with Crippen molar-refractivity contribution in [1.29, 1.82) is 0 Å². The second-order valence-corrected chi connectivity index (χ2v) is 8.87. The molecule has 2 saturated heterocycles. The SMILES string of the molecule is C[C@@H](N)C(=O)N1CCC[C@H]1B1OC2CC3CC(C3(C)C)C2(C)O1. The Morgan fingerprint density at radius 3 is 2.74 bits per heavy atom. The summed E-state index contributed by atoms with van der Waals surface area (Å²) in [5, 5.41) is 0. The minimum atomic E-state index is -0.457. The van der Waals surface area contributed by atoms with Crippen LogP contribution in [0.4, 0.5) is 0 Å². The van der Waals surface area contributed by atoms with Crippen LogP contribution in [0.1, 0.15) is 53.4 Å². The summed E-state index contributed by atoms with van der Waals surface area (Å²) in [6, 6.07) is -0.457. The number of hydrogen-bond acceptors (Lipinski definition) is 4. The Balaban J connectivity index is 1.53. The zero-order valence-corrected chi connectivity index (χ0v) is 14.7. The molecule has 1 amide bonds. The Kier molecular flexibility index (Phi) is 3.43. The number of rotatable bonds is 2. The minimum absolute atomic E-state index is 0.0179. The van der Waals surface area contributed by atoms with E-state index in [9.17, 15) is 4.79 Å². The number of carbonyl (C=O) groups is 1. The van der Waals surface area contributed by atoms with E-state index in [-0.39, 0.29) is 30.7 Å². The van der Waals surface area contributed by atoms with Crippen LogP contribution in [0.3, 0.4) is 0 Å². The largest absolute Gasteiger partial charge is 0.481 e. The highest BCUT2D eigenvalue weighted by Crippen LogP contribution is 2.65. The number of carbonyl (C=O) groups excluding carboxylic acids is 1. The zero-order chi connectivity index (χ0) is 16.6. The first kappa shape index (κ1) is 15.9. The summed E-state index contributed by atoms with van der Waals surface area (Å²) in [4.78, 5) is 14.3. The van der Waals surface area contributed by atoms with Crippen molar-refractivity contribution in [2.75, 3.05) is 6.54 Å². The summed E-state index contributed by atoms with van der Waals surface area (Å²) in [7, 11) is -0.287. The molecule has 5 nitrogen and oxygen atoms in total. The third-order valence-corrected chi connectivity index (χ3v) is 7.25. The van der Waals surface area contributed by atoms with Crippen LogP contribution in [-0.4, -0.2) is 48.2 Å². The lowest BCUT2D eigenvalue weighted by atomic mass is 9.43. The van der Waals surface area contributed by atoms with Crippen molar-refractivity contribution in [2.24, 2.45) is 23.0 Å². The van der Waals surface area contributed by atoms with Gasteiger partial charge in [0.15, 0.2) is 0 Å². The minimum Gasteiger partial charge on any atom is -0.404 e. The number of hydrogen-bond donors (Lipinski definition) is 1. The van der Waals surface area contributed by atoms with Crippen molar-refractivity contribution in [3.05, 3.63) is 0 Å². The molecule has 0 radical (unpaired) electrons. The first-order valence-corrected chi connectivity index (χ1v) is 9.14. The lowest BCUT2D eigenvalue weighted by Gasteiger charge is -2.64. The average molecular weight is 320 g/mol. The van der Waals surface area contributed by atoms with E-state index in [1.54, 1.807) is 6.92 Å². The Labute approximate surface area is 139 Å². The number of amides is 1. The van der Waals surface area contributed by atoms with E-state index < -0.39 is 6.04 Å². The molecule has 5 fully saturated rings. The first-order chi connectivity index (χ1) is 10.7. The van der Waals surface area contributed by atoms with Crippen LogP contribution in [0.15, 0.2) is 0 Å². The molecular weight excluding hydrogens is 291 g/mol. The molecule has 0 spiro atoms. The summed E-state index contributed by atoms with van der Waals surface area (Å²) in [6.45, 7) is 9.49. The third kappa shape index (κ3) is 2.07. The maximum absolute atomic E-state index is 12.4. The van der Waals surface area contributed by atoms with Gasteiger partial charge in [-0.1, -0.05) is 13.8 Å². The lowest BCUT2D eigenvalue weighted by molar-refractivity contribution is -0.199. The molecule has 23 heavy (non-hydrogen) atoms. The van der Waals surface area contributed by atoms with Gasteiger partial charge in [-0.25, -0.2) is 0 Å². The van der Waals surface area contributed by atoms with Crippen LogP contribution < -0.4 is 5.73 Å². The highest BCUT2D eigenvalue weighted by molar-refractivity contribution is 6.48. The topological polar surface area (TPSA) is 64.8 Å². The third-order valence-electron chi connectivity index (χ3n) is 7.25. The number of nitrogens with zero attached hydrogens (tertiary/aromatic N) is 1. The Hall–Kier alpha value is -0.585. The van der Waals surface area contributed by atoms with Crippen molar-refractivity contribution in [3.63, 3.8) is 0 Å². The molecule has 128 valence electrons. The normalized spacial score (nSPS) is 45.6. The van der Waals surface area contributed by atoms with E-state index >= 15 is 0 Å². The maximum Gasteiger partial charge on any atom is 0.481 e. The molecule has 4 unspecified atom stereocenters. The van der Waals surface area contributed by atoms with Crippen molar-refractivity contribution in [2.45, 2.75) is 77.1 Å². The van der Waals surface area contributed by atoms with Crippen LogP contribution >= 0.6 is 0 Å². The molecule has 5 aliphatic rings. The van der Waals surface area contributed by atoms with Crippen molar-refractivity contribution >= 4 is 13.0 Å². The highest BCUT2D eigenvalue weighted by Gasteiger charge is 2.69. The molecule has 0 aromatic rings. The van der Waals surface area contributed by atoms with E-state index in [0.717, 1.165) is 31.7 Å². The molecule has 2 N–H and O–H groups in total. The molecule has 6 atom stereocenters. The van der Waals surface area contributed by atoms with Gasteiger partial charge in [-0.05, 0) is 56.8 Å². The smallest absolute Gasteiger partial charge is 0.404 e. The fourth-order valence-electron chi connectivity index (χ4n) is 5.67. The van der Waals surface area contributed by atoms with Crippen LogP contribution in [0, 0.1) is 17.3 Å². The van der Waals surface area contributed by atoms with Gasteiger partial charge >= 0.3 is 7.12 Å². The number of likely N-dealkylation sites (tertiary alicyclic amines) is 1. The van der Waals surface area contributed by atoms with Crippen LogP contribution in [0.2, 0.25) is 0 Å². The van der Waals surface area contributed by atoms with Crippen molar-refractivity contribution in [1.82, 2.24) is 4.90 Å². The van der Waals surface area contributed by atoms with Gasteiger partial charge in [0.05, 0.1) is 23.7 Å². The Bertz CT molecular complexity index is 526. The standard InChI is InChI=1S/C17H29BN2O3/c1-10(19)15(21)20-7-5-6-14(20)18-22-13-9-11-8-12(16(11,2)3)17(13,4)23-18/h10-14H,5-9,19H2,1-4H3/t10-,11?,12?,13?,14+,17?/m1/s1. The van der Waals surface area contributed by atoms with Gasteiger partial charge < -0.3 is 19.9 Å². The molecule has 5 rings (SSSR count). The summed E-state index contributed by atoms with van der Waals surface area (Å²) >= 11 is 0. The highest BCUT2D eigenvalue weighted by atomic mass is 16.7. The monoisotopic (exact) mass is 320 g/mol. The maximum atomic E-state index is 12.4. The molecule has 2 aliphatic heterocycles. The molecule has 2 heterocycles. The fourth-order valence-corrected chi connectivity index (χ4v) is 5.67. The molecule has 2 bridgehead atoms. The van der Waals surface area contributed by atoms with E-state index in [2.05, 4.69) is 20.8 Å². The molecule has 3 aliphatic carbocycles. The molecule has 6 heteroatoms. The summed E-state index contributed by atoms with van der Waals surface area (Å²) in [6.07, 6.45) is 4.47. The van der Waals surface area contributed by atoms with E-state index in [1.807, 2.05) is 4.90 Å². The van der Waals surface area contributed by atoms with Crippen LogP contribution in [-0.2, 0) is 14.1 Å². The average Bonchev–Trinajstić information content (AvgIpc) is 3.08. The zero-order valence-electron chi connectivity index (χ0n) is 14.7. The van der Waals surface area contributed by atoms with E-state index in [4.69, 9.17) is 15.0 Å².